The quantitative estimate of drug-likeness (QED) is 0.771. The van der Waals surface area contributed by atoms with E-state index >= 15 is 0 Å². The van der Waals surface area contributed by atoms with Crippen molar-refractivity contribution in [3.05, 3.63) is 0 Å². The van der Waals surface area contributed by atoms with Crippen LogP contribution in [-0.2, 0) is 4.79 Å². The van der Waals surface area contributed by atoms with Gasteiger partial charge >= 0.3 is 6.18 Å². The molecule has 2 atom stereocenters. The summed E-state index contributed by atoms with van der Waals surface area (Å²) >= 11 is 0. The molecule has 0 aromatic carbocycles. The molecule has 1 saturated carbocycles. The third-order valence-electron chi connectivity index (χ3n) is 2.78. The molecule has 1 rings (SSSR count). The van der Waals surface area contributed by atoms with Gasteiger partial charge in [0.1, 0.15) is 0 Å². The number of nitrogens with two attached hydrogens (primary N) is 1. The fourth-order valence-corrected chi connectivity index (χ4v) is 1.90. The molecule has 0 bridgehead atoms. The predicted molar refractivity (Wildman–Crippen MR) is 60.9 cm³/mol. The van der Waals surface area contributed by atoms with Crippen LogP contribution < -0.4 is 11.1 Å². The van der Waals surface area contributed by atoms with Gasteiger partial charge in [0.15, 0.2) is 0 Å². The summed E-state index contributed by atoms with van der Waals surface area (Å²) in [7, 11) is 0. The maximum Gasteiger partial charge on any atom is 0.389 e. The first-order valence-corrected chi connectivity index (χ1v) is 5.48. The number of hydrogen-bond donors (Lipinski definition) is 2. The molecule has 0 spiro atoms. The van der Waals surface area contributed by atoms with Crippen molar-refractivity contribution in [1.82, 2.24) is 5.32 Å². The molecule has 0 aliphatic heterocycles. The summed E-state index contributed by atoms with van der Waals surface area (Å²) < 4.78 is 35.4. The highest BCUT2D eigenvalue weighted by atomic mass is 35.5. The Hall–Kier alpha value is -0.490. The van der Waals surface area contributed by atoms with Crippen molar-refractivity contribution < 1.29 is 18.0 Å². The average molecular weight is 275 g/mol. The third-order valence-corrected chi connectivity index (χ3v) is 2.78. The molecule has 2 unspecified atom stereocenters. The van der Waals surface area contributed by atoms with E-state index in [0.717, 1.165) is 12.8 Å². The van der Waals surface area contributed by atoms with Gasteiger partial charge in [-0.2, -0.15) is 13.2 Å². The number of carbonyl (C=O) groups is 1. The summed E-state index contributed by atoms with van der Waals surface area (Å²) in [6, 6.07) is 0.0610. The topological polar surface area (TPSA) is 55.1 Å². The normalized spacial score (nSPS) is 24.2. The Morgan fingerprint density at radius 3 is 2.47 bits per heavy atom. The Bertz CT molecular complexity index is 248. The Balaban J connectivity index is 0.00000256. The van der Waals surface area contributed by atoms with Crippen LogP contribution in [0.25, 0.3) is 0 Å². The van der Waals surface area contributed by atoms with Crippen molar-refractivity contribution in [1.29, 1.82) is 0 Å². The minimum atomic E-state index is -4.14. The molecule has 0 aromatic heterocycles. The van der Waals surface area contributed by atoms with E-state index in [1.54, 1.807) is 0 Å². The van der Waals surface area contributed by atoms with E-state index in [2.05, 4.69) is 5.32 Å². The number of carbonyl (C=O) groups excluding carboxylic acids is 1. The van der Waals surface area contributed by atoms with Crippen molar-refractivity contribution in [3.63, 3.8) is 0 Å². The van der Waals surface area contributed by atoms with Crippen LogP contribution in [-0.4, -0.2) is 24.7 Å². The number of hydrogen-bond acceptors (Lipinski definition) is 2. The maximum atomic E-state index is 11.8. The average Bonchev–Trinajstić information content (AvgIpc) is 2.57. The van der Waals surface area contributed by atoms with E-state index in [1.807, 2.05) is 0 Å². The van der Waals surface area contributed by atoms with Crippen LogP contribution in [0.3, 0.4) is 0 Å². The molecule has 17 heavy (non-hydrogen) atoms. The molecule has 3 N–H and O–H groups in total. The highest BCUT2D eigenvalue weighted by Gasteiger charge is 2.28. The maximum absolute atomic E-state index is 11.8. The summed E-state index contributed by atoms with van der Waals surface area (Å²) in [6.07, 6.45) is -2.84. The monoisotopic (exact) mass is 274 g/mol. The van der Waals surface area contributed by atoms with Crippen LogP contribution >= 0.6 is 12.4 Å². The molecule has 102 valence electrons. The number of halogens is 4. The molecule has 0 radical (unpaired) electrons. The van der Waals surface area contributed by atoms with E-state index < -0.39 is 12.6 Å². The van der Waals surface area contributed by atoms with Gasteiger partial charge in [-0.25, -0.2) is 0 Å². The largest absolute Gasteiger partial charge is 0.389 e. The molecule has 1 amide bonds. The van der Waals surface area contributed by atoms with Gasteiger partial charge < -0.3 is 11.1 Å². The Labute approximate surface area is 105 Å². The first kappa shape index (κ1) is 16.5. The van der Waals surface area contributed by atoms with Crippen LogP contribution in [0.1, 0.15) is 32.1 Å². The van der Waals surface area contributed by atoms with Crippen LogP contribution in [0.4, 0.5) is 13.2 Å². The summed E-state index contributed by atoms with van der Waals surface area (Å²) in [5.41, 5.74) is 5.65. The number of nitrogens with one attached hydrogen (secondary N) is 1. The molecular formula is C10H18ClF3N2O. The Morgan fingerprint density at radius 1 is 1.35 bits per heavy atom. The first-order valence-electron chi connectivity index (χ1n) is 5.48. The van der Waals surface area contributed by atoms with Crippen LogP contribution in [0.2, 0.25) is 0 Å². The smallest absolute Gasteiger partial charge is 0.356 e. The third kappa shape index (κ3) is 6.73. The lowest BCUT2D eigenvalue weighted by atomic mass is 10.1. The zero-order valence-corrected chi connectivity index (χ0v) is 10.2. The van der Waals surface area contributed by atoms with Crippen LogP contribution in [0.15, 0.2) is 0 Å². The Morgan fingerprint density at radius 2 is 2.00 bits per heavy atom. The van der Waals surface area contributed by atoms with Gasteiger partial charge in [-0.15, -0.1) is 12.4 Å². The zero-order chi connectivity index (χ0) is 12.2. The van der Waals surface area contributed by atoms with Crippen LogP contribution in [0, 0.1) is 5.92 Å². The van der Waals surface area contributed by atoms with E-state index in [0.29, 0.717) is 6.42 Å². The molecule has 3 nitrogen and oxygen atoms in total. The molecule has 1 aliphatic rings. The molecule has 0 aromatic rings. The van der Waals surface area contributed by atoms with E-state index in [-0.39, 0.29) is 43.2 Å². The summed E-state index contributed by atoms with van der Waals surface area (Å²) in [5.74, 6) is -0.268. The van der Waals surface area contributed by atoms with Crippen molar-refractivity contribution in [2.45, 2.75) is 44.3 Å². The van der Waals surface area contributed by atoms with Crippen molar-refractivity contribution in [2.24, 2.45) is 11.7 Å². The lowest BCUT2D eigenvalue weighted by Crippen LogP contribution is -2.31. The summed E-state index contributed by atoms with van der Waals surface area (Å²) in [5, 5.41) is 2.52. The number of rotatable bonds is 4. The molecule has 0 saturated heterocycles. The first-order chi connectivity index (χ1) is 7.38. The fraction of sp³-hybridized carbons (Fsp3) is 0.900. The molecule has 0 heterocycles. The lowest BCUT2D eigenvalue weighted by molar-refractivity contribution is -0.136. The minimum Gasteiger partial charge on any atom is -0.356 e. The second-order valence-electron chi connectivity index (χ2n) is 4.28. The fourth-order valence-electron chi connectivity index (χ4n) is 1.90. The molecular weight excluding hydrogens is 257 g/mol. The van der Waals surface area contributed by atoms with Gasteiger partial charge in [0.05, 0.1) is 0 Å². The number of alkyl halides is 3. The van der Waals surface area contributed by atoms with Gasteiger partial charge in [-0.3, -0.25) is 4.79 Å². The van der Waals surface area contributed by atoms with Crippen molar-refractivity contribution in [2.75, 3.05) is 6.54 Å². The van der Waals surface area contributed by atoms with E-state index in [1.165, 1.54) is 0 Å². The number of amides is 1. The summed E-state index contributed by atoms with van der Waals surface area (Å²) in [6.45, 7) is 0.0874. The summed E-state index contributed by atoms with van der Waals surface area (Å²) in [4.78, 5) is 11.5. The zero-order valence-electron chi connectivity index (χ0n) is 9.43. The van der Waals surface area contributed by atoms with Crippen molar-refractivity contribution >= 4 is 18.3 Å². The van der Waals surface area contributed by atoms with Gasteiger partial charge in [-0.05, 0) is 25.7 Å². The standard InChI is InChI=1S/C10H17F3N2O.ClH/c11-10(12,13)4-1-5-15-9(16)7-2-3-8(14)6-7;/h7-8H,1-6,14H2,(H,15,16);1H. The van der Waals surface area contributed by atoms with Crippen molar-refractivity contribution in [3.8, 4) is 0 Å². The van der Waals surface area contributed by atoms with Gasteiger partial charge in [0, 0.05) is 24.9 Å². The molecule has 1 aliphatic carbocycles. The highest BCUT2D eigenvalue weighted by Crippen LogP contribution is 2.24. The minimum absolute atomic E-state index is 0. The molecule has 7 heteroatoms. The van der Waals surface area contributed by atoms with Crippen LogP contribution in [0.5, 0.6) is 0 Å². The van der Waals surface area contributed by atoms with Gasteiger partial charge in [0.25, 0.3) is 0 Å². The second-order valence-corrected chi connectivity index (χ2v) is 4.28. The highest BCUT2D eigenvalue weighted by molar-refractivity contribution is 5.85. The Kier molecular flexibility index (Phi) is 6.85. The van der Waals surface area contributed by atoms with Gasteiger partial charge in [-0.1, -0.05) is 0 Å². The van der Waals surface area contributed by atoms with E-state index in [4.69, 9.17) is 5.73 Å². The SMILES string of the molecule is Cl.NC1CCC(C(=O)NCCCC(F)(F)F)C1. The lowest BCUT2D eigenvalue weighted by Gasteiger charge is -2.11. The van der Waals surface area contributed by atoms with E-state index in [9.17, 15) is 18.0 Å². The molecule has 1 fully saturated rings. The van der Waals surface area contributed by atoms with Gasteiger partial charge in [0.2, 0.25) is 5.91 Å². The second kappa shape index (κ2) is 7.06. The predicted octanol–water partition coefficient (Wildman–Crippen LogP) is 1.99.